The molecule has 0 radical (unpaired) electrons. The molecule has 0 unspecified atom stereocenters. The first kappa shape index (κ1) is 17.9. The fraction of sp³-hybridized carbons (Fsp3) is 0.105. The minimum Gasteiger partial charge on any atom is -0.493 e. The second-order valence-corrected chi connectivity index (χ2v) is 6.25. The molecule has 0 aliphatic rings. The molecule has 0 saturated carbocycles. The summed E-state index contributed by atoms with van der Waals surface area (Å²) in [5.41, 5.74) is 2.21. The van der Waals surface area contributed by atoms with Gasteiger partial charge in [-0.2, -0.15) is 0 Å². The van der Waals surface area contributed by atoms with Gasteiger partial charge in [0.2, 0.25) is 0 Å². The summed E-state index contributed by atoms with van der Waals surface area (Å²) in [7, 11) is 3.16. The van der Waals surface area contributed by atoms with E-state index in [0.717, 1.165) is 10.0 Å². The van der Waals surface area contributed by atoms with Gasteiger partial charge in [0.1, 0.15) is 0 Å². The highest BCUT2D eigenvalue weighted by Crippen LogP contribution is 2.34. The summed E-state index contributed by atoms with van der Waals surface area (Å²) < 4.78 is 11.4. The van der Waals surface area contributed by atoms with Crippen molar-refractivity contribution in [2.75, 3.05) is 14.2 Å². The van der Waals surface area contributed by atoms with Gasteiger partial charge in [-0.15, -0.1) is 0 Å². The Morgan fingerprint density at radius 1 is 1.08 bits per heavy atom. The third-order valence-corrected chi connectivity index (χ3v) is 4.55. The summed E-state index contributed by atoms with van der Waals surface area (Å²) in [4.78, 5) is 15.2. The quantitative estimate of drug-likeness (QED) is 0.429. The molecule has 3 aromatic rings. The Balaban J connectivity index is 1.97. The average Bonchev–Trinajstić information content (AvgIpc) is 2.65. The highest BCUT2D eigenvalue weighted by atomic mass is 79.9. The Kier molecular flexibility index (Phi) is 5.18. The first-order chi connectivity index (χ1) is 12.5. The van der Waals surface area contributed by atoms with Crippen LogP contribution in [0.1, 0.15) is 11.3 Å². The number of methoxy groups -OCH3 is 2. The summed E-state index contributed by atoms with van der Waals surface area (Å²) in [5.74, 6) is 1.25. The maximum atomic E-state index is 11.1. The Morgan fingerprint density at radius 3 is 2.50 bits per heavy atom. The number of nitrogens with zero attached hydrogens (tertiary/aromatic N) is 2. The van der Waals surface area contributed by atoms with Gasteiger partial charge in [-0.25, -0.2) is 4.98 Å². The predicted molar refractivity (Wildman–Crippen MR) is 105 cm³/mol. The van der Waals surface area contributed by atoms with E-state index in [-0.39, 0.29) is 5.69 Å². The lowest BCUT2D eigenvalue weighted by atomic mass is 10.1. The van der Waals surface area contributed by atoms with Crippen molar-refractivity contribution in [1.82, 2.24) is 4.98 Å². The molecule has 6 nitrogen and oxygen atoms in total. The SMILES string of the molecule is COc1cc(Br)c(C=Cc2ccc3c([N+](=O)[O-])cccc3n2)cc1OC. The zero-order chi connectivity index (χ0) is 18.7. The van der Waals surface area contributed by atoms with Crippen LogP contribution in [-0.4, -0.2) is 24.1 Å². The number of halogens is 1. The zero-order valence-electron chi connectivity index (χ0n) is 14.1. The minimum atomic E-state index is -0.403. The van der Waals surface area contributed by atoms with Gasteiger partial charge in [0.15, 0.2) is 11.5 Å². The van der Waals surface area contributed by atoms with Crippen molar-refractivity contribution in [3.63, 3.8) is 0 Å². The summed E-state index contributed by atoms with van der Waals surface area (Å²) in [6.45, 7) is 0. The van der Waals surface area contributed by atoms with E-state index in [0.29, 0.717) is 28.1 Å². The van der Waals surface area contributed by atoms with Gasteiger partial charge in [0.05, 0.1) is 35.7 Å². The Hall–Kier alpha value is -2.93. The fourth-order valence-corrected chi connectivity index (χ4v) is 3.03. The van der Waals surface area contributed by atoms with Crippen LogP contribution in [0.4, 0.5) is 5.69 Å². The first-order valence-electron chi connectivity index (χ1n) is 7.67. The number of rotatable bonds is 5. The van der Waals surface area contributed by atoms with Crippen molar-refractivity contribution >= 4 is 44.7 Å². The van der Waals surface area contributed by atoms with Crippen LogP contribution in [0, 0.1) is 10.1 Å². The third-order valence-electron chi connectivity index (χ3n) is 3.86. The number of nitro groups is 1. The van der Waals surface area contributed by atoms with E-state index in [9.17, 15) is 10.1 Å². The molecule has 0 aliphatic heterocycles. The molecule has 0 bridgehead atoms. The number of nitro benzene ring substituents is 1. The molecular weight excluding hydrogens is 400 g/mol. The summed E-state index contributed by atoms with van der Waals surface area (Å²) in [6.07, 6.45) is 3.72. The van der Waals surface area contributed by atoms with Crippen LogP contribution in [0.15, 0.2) is 46.9 Å². The van der Waals surface area contributed by atoms with Crippen LogP contribution < -0.4 is 9.47 Å². The van der Waals surface area contributed by atoms with E-state index in [1.807, 2.05) is 24.3 Å². The van der Waals surface area contributed by atoms with Crippen molar-refractivity contribution in [2.45, 2.75) is 0 Å². The molecule has 1 heterocycles. The highest BCUT2D eigenvalue weighted by molar-refractivity contribution is 9.10. The van der Waals surface area contributed by atoms with Gasteiger partial charge in [-0.3, -0.25) is 10.1 Å². The summed E-state index contributed by atoms with van der Waals surface area (Å²) in [5, 5.41) is 11.6. The van der Waals surface area contributed by atoms with Crippen molar-refractivity contribution in [3.8, 4) is 11.5 Å². The van der Waals surface area contributed by atoms with Gasteiger partial charge in [-0.1, -0.05) is 28.1 Å². The van der Waals surface area contributed by atoms with E-state index in [1.165, 1.54) is 6.07 Å². The molecule has 2 aromatic carbocycles. The van der Waals surface area contributed by atoms with Gasteiger partial charge in [0, 0.05) is 10.5 Å². The number of ether oxygens (including phenoxy) is 2. The van der Waals surface area contributed by atoms with E-state index >= 15 is 0 Å². The maximum absolute atomic E-state index is 11.1. The van der Waals surface area contributed by atoms with Crippen LogP contribution >= 0.6 is 15.9 Å². The van der Waals surface area contributed by atoms with Gasteiger partial charge >= 0.3 is 0 Å². The number of aromatic nitrogens is 1. The predicted octanol–water partition coefficient (Wildman–Crippen LogP) is 5.09. The average molecular weight is 415 g/mol. The lowest BCUT2D eigenvalue weighted by Crippen LogP contribution is -1.92. The molecule has 132 valence electrons. The molecule has 7 heteroatoms. The number of hydrogen-bond donors (Lipinski definition) is 0. The topological polar surface area (TPSA) is 74.5 Å². The van der Waals surface area contributed by atoms with Crippen LogP contribution in [-0.2, 0) is 0 Å². The van der Waals surface area contributed by atoms with Crippen molar-refractivity contribution in [3.05, 3.63) is 68.3 Å². The number of fused-ring (bicyclic) bond motifs is 1. The number of non-ortho nitro benzene ring substituents is 1. The minimum absolute atomic E-state index is 0.0492. The standard InChI is InChI=1S/C19H15BrN2O4/c1-25-18-10-12(15(20)11-19(18)26-2)6-7-13-8-9-14-16(21-13)4-3-5-17(14)22(23)24/h3-11H,1-2H3. The second-order valence-electron chi connectivity index (χ2n) is 5.40. The highest BCUT2D eigenvalue weighted by Gasteiger charge is 2.12. The largest absolute Gasteiger partial charge is 0.493 e. The first-order valence-corrected chi connectivity index (χ1v) is 8.46. The summed E-state index contributed by atoms with van der Waals surface area (Å²) >= 11 is 3.51. The molecule has 3 rings (SSSR count). The van der Waals surface area contributed by atoms with E-state index in [4.69, 9.17) is 9.47 Å². The third kappa shape index (κ3) is 3.52. The van der Waals surface area contributed by atoms with E-state index in [2.05, 4.69) is 20.9 Å². The molecule has 0 saturated heterocycles. The fourth-order valence-electron chi connectivity index (χ4n) is 2.58. The van der Waals surface area contributed by atoms with Crippen molar-refractivity contribution in [2.24, 2.45) is 0 Å². The Morgan fingerprint density at radius 2 is 1.81 bits per heavy atom. The Bertz CT molecular complexity index is 1020. The molecule has 0 amide bonds. The molecule has 0 spiro atoms. The Labute approximate surface area is 158 Å². The van der Waals surface area contributed by atoms with E-state index in [1.54, 1.807) is 38.5 Å². The normalized spacial score (nSPS) is 11.0. The molecule has 0 atom stereocenters. The number of hydrogen-bond acceptors (Lipinski definition) is 5. The van der Waals surface area contributed by atoms with Crippen molar-refractivity contribution < 1.29 is 14.4 Å². The summed E-state index contributed by atoms with van der Waals surface area (Å²) in [6, 6.07) is 12.0. The number of pyridine rings is 1. The van der Waals surface area contributed by atoms with Gasteiger partial charge < -0.3 is 9.47 Å². The number of benzene rings is 2. The second kappa shape index (κ2) is 7.53. The van der Waals surface area contributed by atoms with Gasteiger partial charge in [0.25, 0.3) is 5.69 Å². The van der Waals surface area contributed by atoms with Crippen molar-refractivity contribution in [1.29, 1.82) is 0 Å². The molecular formula is C19H15BrN2O4. The van der Waals surface area contributed by atoms with Crippen LogP contribution in [0.2, 0.25) is 0 Å². The molecule has 1 aromatic heterocycles. The lowest BCUT2D eigenvalue weighted by molar-refractivity contribution is -0.383. The molecule has 26 heavy (non-hydrogen) atoms. The van der Waals surface area contributed by atoms with Crippen LogP contribution in [0.3, 0.4) is 0 Å². The molecule has 0 fully saturated rings. The molecule has 0 aliphatic carbocycles. The maximum Gasteiger partial charge on any atom is 0.278 e. The van der Waals surface area contributed by atoms with E-state index < -0.39 is 4.92 Å². The van der Waals surface area contributed by atoms with Crippen LogP contribution in [0.25, 0.3) is 23.1 Å². The monoisotopic (exact) mass is 414 g/mol. The lowest BCUT2D eigenvalue weighted by Gasteiger charge is -2.09. The smallest absolute Gasteiger partial charge is 0.278 e. The zero-order valence-corrected chi connectivity index (χ0v) is 15.7. The van der Waals surface area contributed by atoms with Crippen LogP contribution in [0.5, 0.6) is 11.5 Å². The van der Waals surface area contributed by atoms with Gasteiger partial charge in [-0.05, 0) is 42.0 Å². The molecule has 0 N–H and O–H groups in total.